The molecule has 0 aliphatic rings. The smallest absolute Gasteiger partial charge is 0.137 e. The van der Waals surface area contributed by atoms with Gasteiger partial charge in [0, 0.05) is 17.8 Å². The first kappa shape index (κ1) is 8.97. The Morgan fingerprint density at radius 1 is 1.12 bits per heavy atom. The van der Waals surface area contributed by atoms with Crippen LogP contribution < -0.4 is 0 Å². The van der Waals surface area contributed by atoms with E-state index in [4.69, 9.17) is 0 Å². The lowest BCUT2D eigenvalue weighted by Crippen LogP contribution is -1.81. The maximum absolute atomic E-state index is 9.47. The normalized spacial score (nSPS) is 10.8. The van der Waals surface area contributed by atoms with Crippen LogP contribution in [-0.2, 0) is 0 Å². The lowest BCUT2D eigenvalue weighted by molar-refractivity contribution is 0.475. The number of phenolic OH excluding ortho intramolecular Hbond substituents is 1. The Bertz CT molecular complexity index is 643. The van der Waals surface area contributed by atoms with Gasteiger partial charge in [-0.2, -0.15) is 0 Å². The molecular weight excluding hydrogens is 200 g/mol. The molecule has 0 spiro atoms. The number of H-pyrrole nitrogens is 1. The number of aromatic hydroxyl groups is 1. The van der Waals surface area contributed by atoms with Crippen LogP contribution in [0.25, 0.3) is 22.2 Å². The summed E-state index contributed by atoms with van der Waals surface area (Å²) in [6.45, 7) is 0. The van der Waals surface area contributed by atoms with Gasteiger partial charge < -0.3 is 10.1 Å². The van der Waals surface area contributed by atoms with Crippen molar-refractivity contribution in [3.05, 3.63) is 48.8 Å². The summed E-state index contributed by atoms with van der Waals surface area (Å²) in [5.74, 6) is 0.276. The maximum atomic E-state index is 9.47. The summed E-state index contributed by atoms with van der Waals surface area (Å²) in [5.41, 5.74) is 2.93. The monoisotopic (exact) mass is 210 g/mol. The van der Waals surface area contributed by atoms with Gasteiger partial charge in [0.05, 0.1) is 0 Å². The van der Waals surface area contributed by atoms with E-state index in [9.17, 15) is 5.11 Å². The van der Waals surface area contributed by atoms with Crippen molar-refractivity contribution >= 4 is 11.0 Å². The van der Waals surface area contributed by atoms with Gasteiger partial charge in [0.15, 0.2) is 0 Å². The lowest BCUT2D eigenvalue weighted by atomic mass is 10.0. The van der Waals surface area contributed by atoms with Crippen molar-refractivity contribution in [2.24, 2.45) is 0 Å². The molecule has 2 heterocycles. The molecule has 2 aromatic heterocycles. The van der Waals surface area contributed by atoms with E-state index in [1.54, 1.807) is 18.3 Å². The Morgan fingerprint density at radius 3 is 2.94 bits per heavy atom. The van der Waals surface area contributed by atoms with Crippen LogP contribution in [-0.4, -0.2) is 15.1 Å². The molecule has 2 N–H and O–H groups in total. The number of phenols is 1. The Hall–Kier alpha value is -2.29. The highest BCUT2D eigenvalue weighted by Crippen LogP contribution is 2.28. The van der Waals surface area contributed by atoms with Crippen LogP contribution in [0.3, 0.4) is 0 Å². The molecule has 0 saturated carbocycles. The van der Waals surface area contributed by atoms with E-state index >= 15 is 0 Å². The van der Waals surface area contributed by atoms with Gasteiger partial charge in [-0.05, 0) is 35.4 Å². The van der Waals surface area contributed by atoms with Gasteiger partial charge in [-0.3, -0.25) is 0 Å². The largest absolute Gasteiger partial charge is 0.508 e. The van der Waals surface area contributed by atoms with Crippen LogP contribution in [0.4, 0.5) is 0 Å². The minimum Gasteiger partial charge on any atom is -0.508 e. The van der Waals surface area contributed by atoms with Crippen molar-refractivity contribution in [2.45, 2.75) is 0 Å². The Kier molecular flexibility index (Phi) is 1.90. The fourth-order valence-corrected chi connectivity index (χ4v) is 1.89. The number of aromatic nitrogens is 2. The van der Waals surface area contributed by atoms with Crippen molar-refractivity contribution in [3.63, 3.8) is 0 Å². The number of rotatable bonds is 1. The zero-order valence-corrected chi connectivity index (χ0v) is 8.51. The molecule has 0 bridgehead atoms. The second kappa shape index (κ2) is 3.38. The number of aromatic amines is 1. The fourth-order valence-electron chi connectivity index (χ4n) is 1.89. The number of nitrogens with zero attached hydrogens (tertiary/aromatic N) is 1. The summed E-state index contributed by atoms with van der Waals surface area (Å²) in [4.78, 5) is 7.30. The molecule has 0 atom stereocenters. The highest BCUT2D eigenvalue weighted by Gasteiger charge is 2.05. The fraction of sp³-hybridized carbons (Fsp3) is 0. The van der Waals surface area contributed by atoms with Gasteiger partial charge in [-0.25, -0.2) is 4.98 Å². The minimum atomic E-state index is 0.276. The summed E-state index contributed by atoms with van der Waals surface area (Å²) in [7, 11) is 0. The van der Waals surface area contributed by atoms with Crippen molar-refractivity contribution < 1.29 is 5.11 Å². The highest BCUT2D eigenvalue weighted by molar-refractivity contribution is 5.92. The van der Waals surface area contributed by atoms with E-state index < -0.39 is 0 Å². The molecule has 78 valence electrons. The van der Waals surface area contributed by atoms with Crippen molar-refractivity contribution in [3.8, 4) is 16.9 Å². The quantitative estimate of drug-likeness (QED) is 0.648. The van der Waals surface area contributed by atoms with Gasteiger partial charge in [-0.1, -0.05) is 12.1 Å². The molecule has 0 aliphatic carbocycles. The average Bonchev–Trinajstić information content (AvgIpc) is 2.76. The van der Waals surface area contributed by atoms with Crippen LogP contribution in [0.1, 0.15) is 0 Å². The molecule has 3 rings (SSSR count). The molecule has 3 nitrogen and oxygen atoms in total. The average molecular weight is 210 g/mol. The third-order valence-corrected chi connectivity index (χ3v) is 2.62. The summed E-state index contributed by atoms with van der Waals surface area (Å²) in [5, 5.41) is 10.5. The topological polar surface area (TPSA) is 48.9 Å². The van der Waals surface area contributed by atoms with Crippen LogP contribution in [0.2, 0.25) is 0 Å². The van der Waals surface area contributed by atoms with E-state index in [0.717, 1.165) is 22.2 Å². The molecular formula is C13H10N2O. The first-order chi connectivity index (χ1) is 7.84. The van der Waals surface area contributed by atoms with Crippen molar-refractivity contribution in [1.82, 2.24) is 9.97 Å². The third-order valence-electron chi connectivity index (χ3n) is 2.62. The molecule has 0 unspecified atom stereocenters. The molecule has 0 fully saturated rings. The van der Waals surface area contributed by atoms with Gasteiger partial charge in [0.2, 0.25) is 0 Å². The molecule has 1 aromatic carbocycles. The summed E-state index contributed by atoms with van der Waals surface area (Å²) < 4.78 is 0. The van der Waals surface area contributed by atoms with E-state index in [1.807, 2.05) is 30.5 Å². The Morgan fingerprint density at radius 2 is 2.06 bits per heavy atom. The zero-order valence-electron chi connectivity index (χ0n) is 8.51. The Labute approximate surface area is 92.4 Å². The molecule has 0 amide bonds. The van der Waals surface area contributed by atoms with Crippen LogP contribution >= 0.6 is 0 Å². The van der Waals surface area contributed by atoms with E-state index in [2.05, 4.69) is 9.97 Å². The predicted octanol–water partition coefficient (Wildman–Crippen LogP) is 2.94. The minimum absolute atomic E-state index is 0.276. The molecule has 0 radical (unpaired) electrons. The van der Waals surface area contributed by atoms with Gasteiger partial charge in [0.25, 0.3) is 0 Å². The molecule has 16 heavy (non-hydrogen) atoms. The lowest BCUT2D eigenvalue weighted by Gasteiger charge is -2.03. The first-order valence-electron chi connectivity index (χ1n) is 5.06. The van der Waals surface area contributed by atoms with Gasteiger partial charge in [0.1, 0.15) is 11.4 Å². The predicted molar refractivity (Wildman–Crippen MR) is 63.2 cm³/mol. The number of pyridine rings is 1. The van der Waals surface area contributed by atoms with Crippen LogP contribution in [0.15, 0.2) is 48.8 Å². The zero-order chi connectivity index (χ0) is 11.0. The van der Waals surface area contributed by atoms with E-state index in [-0.39, 0.29) is 5.75 Å². The van der Waals surface area contributed by atoms with Crippen molar-refractivity contribution in [1.29, 1.82) is 0 Å². The van der Waals surface area contributed by atoms with E-state index in [0.29, 0.717) is 0 Å². The molecule has 0 saturated heterocycles. The highest BCUT2D eigenvalue weighted by atomic mass is 16.3. The molecule has 3 heteroatoms. The first-order valence-corrected chi connectivity index (χ1v) is 5.06. The SMILES string of the molecule is Oc1cccc(-c2ccnc3[nH]ccc23)c1. The van der Waals surface area contributed by atoms with Crippen LogP contribution in [0, 0.1) is 0 Å². The number of hydrogen-bond donors (Lipinski definition) is 2. The third kappa shape index (κ3) is 1.34. The standard InChI is InChI=1S/C13H10N2O/c16-10-3-1-2-9(8-10)11-4-6-14-13-12(11)5-7-15-13/h1-8,16H,(H,14,15). The maximum Gasteiger partial charge on any atom is 0.137 e. The van der Waals surface area contributed by atoms with Crippen molar-refractivity contribution in [2.75, 3.05) is 0 Å². The summed E-state index contributed by atoms with van der Waals surface area (Å²) in [6, 6.07) is 11.2. The second-order valence-electron chi connectivity index (χ2n) is 3.65. The number of hydrogen-bond acceptors (Lipinski definition) is 2. The van der Waals surface area contributed by atoms with Gasteiger partial charge >= 0.3 is 0 Å². The van der Waals surface area contributed by atoms with Crippen LogP contribution in [0.5, 0.6) is 5.75 Å². The van der Waals surface area contributed by atoms with E-state index in [1.165, 1.54) is 0 Å². The summed E-state index contributed by atoms with van der Waals surface area (Å²) >= 11 is 0. The number of nitrogens with one attached hydrogen (secondary N) is 1. The molecule has 0 aliphatic heterocycles. The number of benzene rings is 1. The summed E-state index contributed by atoms with van der Waals surface area (Å²) in [6.07, 6.45) is 3.63. The number of fused-ring (bicyclic) bond motifs is 1. The Balaban J connectivity index is 2.29. The molecule has 3 aromatic rings. The van der Waals surface area contributed by atoms with Gasteiger partial charge in [-0.15, -0.1) is 0 Å². The second-order valence-corrected chi connectivity index (χ2v) is 3.65.